The maximum absolute atomic E-state index is 12.8. The number of hydrogen-bond acceptors (Lipinski definition) is 4. The Kier molecular flexibility index (Phi) is 5.54. The number of carboxylic acids is 1. The fraction of sp³-hybridized carbons (Fsp3) is 0.867. The van der Waals surface area contributed by atoms with E-state index >= 15 is 0 Å². The van der Waals surface area contributed by atoms with E-state index in [-0.39, 0.29) is 16.7 Å². The zero-order valence-corrected chi connectivity index (χ0v) is 13.5. The first kappa shape index (κ1) is 16.6. The first-order chi connectivity index (χ1) is 10.0. The largest absolute Gasteiger partial charge is 0.480 e. The van der Waals surface area contributed by atoms with Crippen molar-refractivity contribution < 1.29 is 14.7 Å². The minimum Gasteiger partial charge on any atom is -0.480 e. The third-order valence-corrected chi connectivity index (χ3v) is 6.34. The van der Waals surface area contributed by atoms with E-state index in [9.17, 15) is 14.7 Å². The van der Waals surface area contributed by atoms with Gasteiger partial charge in [-0.2, -0.15) is 0 Å². The number of rotatable bonds is 5. The van der Waals surface area contributed by atoms with Crippen molar-refractivity contribution in [1.82, 2.24) is 4.90 Å². The van der Waals surface area contributed by atoms with Crippen LogP contribution >= 0.6 is 11.8 Å². The number of nitrogens with zero attached hydrogens (tertiary/aromatic N) is 1. The summed E-state index contributed by atoms with van der Waals surface area (Å²) >= 11 is 1.58. The molecule has 2 fully saturated rings. The third kappa shape index (κ3) is 3.54. The molecule has 120 valence electrons. The molecule has 0 bridgehead atoms. The molecule has 1 saturated carbocycles. The lowest BCUT2D eigenvalue weighted by molar-refractivity contribution is -0.150. The van der Waals surface area contributed by atoms with Crippen LogP contribution in [0.1, 0.15) is 51.9 Å². The SMILES string of the molecule is CCC1SCC(C(=O)O)N1C(=O)CC1(CN)CCCCC1. The number of amides is 1. The number of hydrogen-bond donors (Lipinski definition) is 2. The Labute approximate surface area is 130 Å². The molecule has 1 aliphatic carbocycles. The molecular formula is C15H26N2O3S. The monoisotopic (exact) mass is 314 g/mol. The van der Waals surface area contributed by atoms with Gasteiger partial charge in [0.15, 0.2) is 0 Å². The third-order valence-electron chi connectivity index (χ3n) is 4.89. The predicted molar refractivity (Wildman–Crippen MR) is 84.0 cm³/mol. The number of aliphatic carboxylic acids is 1. The van der Waals surface area contributed by atoms with Gasteiger partial charge < -0.3 is 15.7 Å². The number of carbonyl (C=O) groups excluding carboxylic acids is 1. The standard InChI is InChI=1S/C15H26N2O3S/c1-2-13-17(11(9-21-13)14(19)20)12(18)8-15(10-16)6-4-3-5-7-15/h11,13H,2-10,16H2,1H3,(H,19,20). The van der Waals surface area contributed by atoms with Crippen LogP contribution in [-0.2, 0) is 9.59 Å². The van der Waals surface area contributed by atoms with Gasteiger partial charge in [0.05, 0.1) is 5.37 Å². The van der Waals surface area contributed by atoms with Gasteiger partial charge in [-0.3, -0.25) is 4.79 Å². The van der Waals surface area contributed by atoms with E-state index in [4.69, 9.17) is 5.73 Å². The van der Waals surface area contributed by atoms with E-state index in [0.29, 0.717) is 18.7 Å². The molecule has 6 heteroatoms. The molecule has 0 aromatic heterocycles. The summed E-state index contributed by atoms with van der Waals surface area (Å²) < 4.78 is 0. The molecule has 2 unspecified atom stereocenters. The molecule has 0 aromatic carbocycles. The summed E-state index contributed by atoms with van der Waals surface area (Å²) in [6.07, 6.45) is 6.64. The lowest BCUT2D eigenvalue weighted by atomic mass is 9.71. The lowest BCUT2D eigenvalue weighted by Crippen LogP contribution is -2.48. The highest BCUT2D eigenvalue weighted by atomic mass is 32.2. The number of carbonyl (C=O) groups is 2. The highest BCUT2D eigenvalue weighted by molar-refractivity contribution is 8.00. The van der Waals surface area contributed by atoms with E-state index in [2.05, 4.69) is 0 Å². The van der Waals surface area contributed by atoms with E-state index in [0.717, 1.165) is 32.1 Å². The molecule has 1 saturated heterocycles. The summed E-state index contributed by atoms with van der Waals surface area (Å²) in [6.45, 7) is 2.52. The topological polar surface area (TPSA) is 83.6 Å². The van der Waals surface area contributed by atoms with Crippen LogP contribution in [0.2, 0.25) is 0 Å². The zero-order chi connectivity index (χ0) is 15.5. The van der Waals surface area contributed by atoms with Gasteiger partial charge in [0.25, 0.3) is 0 Å². The Morgan fingerprint density at radius 2 is 2.00 bits per heavy atom. The summed E-state index contributed by atoms with van der Waals surface area (Å²) in [5.74, 6) is -0.418. The van der Waals surface area contributed by atoms with Gasteiger partial charge in [-0.05, 0) is 31.2 Å². The maximum atomic E-state index is 12.8. The second kappa shape index (κ2) is 7.01. The molecule has 0 aromatic rings. The smallest absolute Gasteiger partial charge is 0.327 e. The van der Waals surface area contributed by atoms with Crippen molar-refractivity contribution >= 4 is 23.6 Å². The van der Waals surface area contributed by atoms with Gasteiger partial charge >= 0.3 is 5.97 Å². The second-order valence-electron chi connectivity index (χ2n) is 6.29. The molecule has 0 radical (unpaired) electrons. The number of carboxylic acid groups (broad SMARTS) is 1. The minimum atomic E-state index is -0.891. The molecule has 2 rings (SSSR count). The van der Waals surface area contributed by atoms with Crippen molar-refractivity contribution in [2.45, 2.75) is 63.3 Å². The lowest BCUT2D eigenvalue weighted by Gasteiger charge is -2.38. The Bertz CT molecular complexity index is 396. The minimum absolute atomic E-state index is 0.00276. The number of thioether (sulfide) groups is 1. The molecular weight excluding hydrogens is 288 g/mol. The first-order valence-corrected chi connectivity index (χ1v) is 8.93. The van der Waals surface area contributed by atoms with Gasteiger partial charge in [-0.1, -0.05) is 26.2 Å². The normalized spacial score (nSPS) is 28.6. The molecule has 5 nitrogen and oxygen atoms in total. The van der Waals surface area contributed by atoms with E-state index in [1.54, 1.807) is 16.7 Å². The van der Waals surface area contributed by atoms with Gasteiger partial charge in [0.1, 0.15) is 6.04 Å². The summed E-state index contributed by atoms with van der Waals surface area (Å²) in [4.78, 5) is 25.8. The van der Waals surface area contributed by atoms with Gasteiger partial charge in [0, 0.05) is 12.2 Å². The second-order valence-corrected chi connectivity index (χ2v) is 7.50. The van der Waals surface area contributed by atoms with Crippen LogP contribution in [0.15, 0.2) is 0 Å². The van der Waals surface area contributed by atoms with Gasteiger partial charge in [0.2, 0.25) is 5.91 Å². The highest BCUT2D eigenvalue weighted by Crippen LogP contribution is 2.40. The molecule has 1 amide bonds. The molecule has 3 N–H and O–H groups in total. The molecule has 2 atom stereocenters. The summed E-state index contributed by atoms with van der Waals surface area (Å²) in [7, 11) is 0. The first-order valence-electron chi connectivity index (χ1n) is 7.88. The van der Waals surface area contributed by atoms with Crippen LogP contribution in [0, 0.1) is 5.41 Å². The van der Waals surface area contributed by atoms with Crippen molar-refractivity contribution in [3.8, 4) is 0 Å². The summed E-state index contributed by atoms with van der Waals surface area (Å²) in [5, 5.41) is 9.34. The highest BCUT2D eigenvalue weighted by Gasteiger charge is 2.43. The predicted octanol–water partition coefficient (Wildman–Crippen LogP) is 2.05. The molecule has 0 spiro atoms. The average Bonchev–Trinajstić information content (AvgIpc) is 2.92. The van der Waals surface area contributed by atoms with Crippen LogP contribution in [-0.4, -0.2) is 45.6 Å². The van der Waals surface area contributed by atoms with Crippen LogP contribution < -0.4 is 5.73 Å². The van der Waals surface area contributed by atoms with E-state index < -0.39 is 12.0 Å². The molecule has 21 heavy (non-hydrogen) atoms. The fourth-order valence-electron chi connectivity index (χ4n) is 3.57. The number of nitrogens with two attached hydrogens (primary N) is 1. The van der Waals surface area contributed by atoms with Crippen molar-refractivity contribution in [2.75, 3.05) is 12.3 Å². The Balaban J connectivity index is 2.10. The van der Waals surface area contributed by atoms with Crippen LogP contribution in [0.25, 0.3) is 0 Å². The molecule has 2 aliphatic rings. The Hall–Kier alpha value is -0.750. The van der Waals surface area contributed by atoms with Crippen molar-refractivity contribution in [3.05, 3.63) is 0 Å². The fourth-order valence-corrected chi connectivity index (χ4v) is 4.94. The average molecular weight is 314 g/mol. The van der Waals surface area contributed by atoms with Crippen LogP contribution in [0.3, 0.4) is 0 Å². The van der Waals surface area contributed by atoms with Gasteiger partial charge in [-0.15, -0.1) is 11.8 Å². The maximum Gasteiger partial charge on any atom is 0.327 e. The van der Waals surface area contributed by atoms with Gasteiger partial charge in [-0.25, -0.2) is 4.79 Å². The van der Waals surface area contributed by atoms with E-state index in [1.165, 1.54) is 6.42 Å². The Morgan fingerprint density at radius 1 is 1.33 bits per heavy atom. The van der Waals surface area contributed by atoms with Crippen molar-refractivity contribution in [3.63, 3.8) is 0 Å². The van der Waals surface area contributed by atoms with E-state index in [1.807, 2.05) is 6.92 Å². The quantitative estimate of drug-likeness (QED) is 0.811. The zero-order valence-electron chi connectivity index (χ0n) is 12.7. The Morgan fingerprint density at radius 3 is 2.52 bits per heavy atom. The summed E-state index contributed by atoms with van der Waals surface area (Å²) in [5.41, 5.74) is 5.85. The summed E-state index contributed by atoms with van der Waals surface area (Å²) in [6, 6.07) is -0.675. The molecule has 1 aliphatic heterocycles. The van der Waals surface area contributed by atoms with Crippen molar-refractivity contribution in [1.29, 1.82) is 0 Å². The van der Waals surface area contributed by atoms with Crippen LogP contribution in [0.4, 0.5) is 0 Å². The van der Waals surface area contributed by atoms with Crippen molar-refractivity contribution in [2.24, 2.45) is 11.1 Å². The van der Waals surface area contributed by atoms with Crippen LogP contribution in [0.5, 0.6) is 0 Å². The molecule has 1 heterocycles.